The first-order valence-electron chi connectivity index (χ1n) is 6.13. The maximum Gasteiger partial charge on any atom is 0.294 e. The number of amides is 1. The molecule has 0 aliphatic rings. The van der Waals surface area contributed by atoms with E-state index in [0.29, 0.717) is 13.1 Å². The summed E-state index contributed by atoms with van der Waals surface area (Å²) in [6.07, 6.45) is 0. The molecule has 0 saturated heterocycles. The van der Waals surface area contributed by atoms with E-state index in [-0.39, 0.29) is 22.5 Å². The van der Waals surface area contributed by atoms with Crippen LogP contribution in [0.2, 0.25) is 0 Å². The Balaban J connectivity index is 2.72. The van der Waals surface area contributed by atoms with Crippen LogP contribution in [0.25, 0.3) is 0 Å². The third-order valence-corrected chi connectivity index (χ3v) is 3.47. The van der Waals surface area contributed by atoms with E-state index in [0.717, 1.165) is 22.0 Å². The van der Waals surface area contributed by atoms with Crippen LogP contribution >= 0.6 is 11.8 Å². The van der Waals surface area contributed by atoms with Crippen molar-refractivity contribution in [1.82, 2.24) is 19.8 Å². The number of likely N-dealkylation sites (N-methyl/N-ethyl adjacent to an activating group) is 1. The van der Waals surface area contributed by atoms with E-state index in [1.807, 2.05) is 13.8 Å². The fraction of sp³-hybridized carbons (Fsp3) is 0.500. The van der Waals surface area contributed by atoms with Crippen LogP contribution in [0.1, 0.15) is 19.5 Å². The van der Waals surface area contributed by atoms with E-state index >= 15 is 0 Å². The summed E-state index contributed by atoms with van der Waals surface area (Å²) in [5.74, 6) is 5.69. The third-order valence-electron chi connectivity index (χ3n) is 2.54. The monoisotopic (exact) mass is 297 g/mol. The molecular weight excluding hydrogens is 278 g/mol. The summed E-state index contributed by atoms with van der Waals surface area (Å²) in [7, 11) is 0. The van der Waals surface area contributed by atoms with Gasteiger partial charge in [0.2, 0.25) is 11.1 Å². The lowest BCUT2D eigenvalue weighted by Crippen LogP contribution is -2.35. The number of aryl methyl sites for hydroxylation is 1. The molecule has 110 valence electrons. The number of rotatable bonds is 6. The molecule has 0 spiro atoms. The maximum atomic E-state index is 12.0. The molecule has 1 heterocycles. The summed E-state index contributed by atoms with van der Waals surface area (Å²) < 4.78 is 0.912. The van der Waals surface area contributed by atoms with Crippen molar-refractivity contribution in [2.24, 2.45) is 0 Å². The van der Waals surface area contributed by atoms with Gasteiger partial charge in [0.05, 0.1) is 5.75 Å². The molecule has 2 N–H and O–H groups in total. The standard InChI is InChI=1S/C12H19N5O2S/c1-5-16(6-8(2)3)10(18)7-20-12-15-14-9(4)11(19)17(12)13/h2,5-7,13H2,1,3-4H3. The van der Waals surface area contributed by atoms with Gasteiger partial charge in [-0.3, -0.25) is 9.59 Å². The molecule has 0 bridgehead atoms. The number of nitrogens with zero attached hydrogens (tertiary/aromatic N) is 4. The Morgan fingerprint density at radius 2 is 2.15 bits per heavy atom. The molecule has 1 aromatic heterocycles. The van der Waals surface area contributed by atoms with Gasteiger partial charge in [0.15, 0.2) is 0 Å². The van der Waals surface area contributed by atoms with Gasteiger partial charge in [-0.25, -0.2) is 0 Å². The molecule has 20 heavy (non-hydrogen) atoms. The van der Waals surface area contributed by atoms with Gasteiger partial charge in [-0.2, -0.15) is 4.68 Å². The quantitative estimate of drug-likeness (QED) is 0.457. The number of carbonyl (C=O) groups is 1. The van der Waals surface area contributed by atoms with Gasteiger partial charge in [-0.1, -0.05) is 23.9 Å². The van der Waals surface area contributed by atoms with Gasteiger partial charge in [0.1, 0.15) is 5.69 Å². The van der Waals surface area contributed by atoms with Gasteiger partial charge in [-0.05, 0) is 20.8 Å². The third kappa shape index (κ3) is 4.09. The molecule has 1 rings (SSSR count). The van der Waals surface area contributed by atoms with Crippen LogP contribution in [0.5, 0.6) is 0 Å². The Hall–Kier alpha value is -1.83. The lowest BCUT2D eigenvalue weighted by atomic mass is 10.3. The topological polar surface area (TPSA) is 94.1 Å². The number of hydrogen-bond acceptors (Lipinski definition) is 6. The highest BCUT2D eigenvalue weighted by Gasteiger charge is 2.14. The highest BCUT2D eigenvalue weighted by molar-refractivity contribution is 7.99. The molecule has 1 amide bonds. The molecule has 0 saturated carbocycles. The molecule has 0 unspecified atom stereocenters. The van der Waals surface area contributed by atoms with Crippen LogP contribution in [0.15, 0.2) is 22.1 Å². The molecule has 0 aromatic carbocycles. The highest BCUT2D eigenvalue weighted by Crippen LogP contribution is 2.12. The van der Waals surface area contributed by atoms with Crippen molar-refractivity contribution in [1.29, 1.82) is 0 Å². The van der Waals surface area contributed by atoms with Gasteiger partial charge in [-0.15, -0.1) is 10.2 Å². The Bertz CT molecular complexity index is 569. The summed E-state index contributed by atoms with van der Waals surface area (Å²) in [4.78, 5) is 25.3. The Kier molecular flexibility index (Phi) is 5.75. The first-order chi connectivity index (χ1) is 9.36. The summed E-state index contributed by atoms with van der Waals surface area (Å²) in [6.45, 7) is 10.2. The minimum absolute atomic E-state index is 0.0599. The number of nitrogen functional groups attached to an aromatic ring is 1. The molecule has 0 radical (unpaired) electrons. The predicted octanol–water partition coefficient (Wildman–Crippen LogP) is 0.177. The number of carbonyl (C=O) groups excluding carboxylic acids is 1. The maximum absolute atomic E-state index is 12.0. The summed E-state index contributed by atoms with van der Waals surface area (Å²) in [5, 5.41) is 7.75. The van der Waals surface area contributed by atoms with Crippen molar-refractivity contribution < 1.29 is 4.79 Å². The second-order valence-electron chi connectivity index (χ2n) is 4.40. The average molecular weight is 297 g/mol. The van der Waals surface area contributed by atoms with Crippen molar-refractivity contribution in [3.8, 4) is 0 Å². The van der Waals surface area contributed by atoms with Crippen LogP contribution in [0.3, 0.4) is 0 Å². The highest BCUT2D eigenvalue weighted by atomic mass is 32.2. The van der Waals surface area contributed by atoms with E-state index in [4.69, 9.17) is 5.84 Å². The molecule has 0 atom stereocenters. The minimum Gasteiger partial charge on any atom is -0.338 e. The summed E-state index contributed by atoms with van der Waals surface area (Å²) in [6, 6.07) is 0. The van der Waals surface area contributed by atoms with Crippen molar-refractivity contribution in [2.75, 3.05) is 24.7 Å². The van der Waals surface area contributed by atoms with E-state index in [2.05, 4.69) is 16.8 Å². The van der Waals surface area contributed by atoms with Gasteiger partial charge in [0.25, 0.3) is 5.56 Å². The van der Waals surface area contributed by atoms with Crippen LogP contribution in [-0.4, -0.2) is 44.5 Å². The Morgan fingerprint density at radius 1 is 1.50 bits per heavy atom. The SMILES string of the molecule is C=C(C)CN(CC)C(=O)CSc1nnc(C)c(=O)n1N. The van der Waals surface area contributed by atoms with Gasteiger partial charge < -0.3 is 10.7 Å². The zero-order valence-electron chi connectivity index (χ0n) is 11.9. The van der Waals surface area contributed by atoms with Crippen molar-refractivity contribution in [3.63, 3.8) is 0 Å². The molecule has 8 heteroatoms. The second-order valence-corrected chi connectivity index (χ2v) is 5.34. The number of aromatic nitrogens is 3. The molecule has 0 fully saturated rings. The van der Waals surface area contributed by atoms with E-state index in [9.17, 15) is 9.59 Å². The molecule has 0 aliphatic carbocycles. The first-order valence-corrected chi connectivity index (χ1v) is 7.11. The van der Waals surface area contributed by atoms with Gasteiger partial charge >= 0.3 is 0 Å². The van der Waals surface area contributed by atoms with E-state index < -0.39 is 5.56 Å². The Morgan fingerprint density at radius 3 is 2.70 bits per heavy atom. The largest absolute Gasteiger partial charge is 0.338 e. The summed E-state index contributed by atoms with van der Waals surface area (Å²) >= 11 is 1.09. The average Bonchev–Trinajstić information content (AvgIpc) is 2.40. The molecule has 0 aliphatic heterocycles. The Labute approximate surface area is 121 Å². The second kappa shape index (κ2) is 7.09. The fourth-order valence-corrected chi connectivity index (χ4v) is 2.24. The number of nitrogens with two attached hydrogens (primary N) is 1. The molecule has 7 nitrogen and oxygen atoms in total. The lowest BCUT2D eigenvalue weighted by molar-refractivity contribution is -0.127. The summed E-state index contributed by atoms with van der Waals surface area (Å²) in [5.41, 5.74) is 0.723. The zero-order chi connectivity index (χ0) is 15.3. The normalized spacial score (nSPS) is 10.3. The van der Waals surface area contributed by atoms with Crippen molar-refractivity contribution in [2.45, 2.75) is 25.9 Å². The fourth-order valence-electron chi connectivity index (χ4n) is 1.49. The van der Waals surface area contributed by atoms with E-state index in [1.165, 1.54) is 6.92 Å². The minimum atomic E-state index is -0.413. The predicted molar refractivity (Wildman–Crippen MR) is 79.0 cm³/mol. The van der Waals surface area contributed by atoms with Crippen LogP contribution < -0.4 is 11.4 Å². The number of hydrogen-bond donors (Lipinski definition) is 1. The molecule has 1 aromatic rings. The molecular formula is C12H19N5O2S. The van der Waals surface area contributed by atoms with Crippen LogP contribution in [0, 0.1) is 6.92 Å². The zero-order valence-corrected chi connectivity index (χ0v) is 12.7. The van der Waals surface area contributed by atoms with Gasteiger partial charge in [0, 0.05) is 13.1 Å². The number of thioether (sulfide) groups is 1. The van der Waals surface area contributed by atoms with Crippen molar-refractivity contribution >= 4 is 17.7 Å². The van der Waals surface area contributed by atoms with Crippen LogP contribution in [0.4, 0.5) is 0 Å². The van der Waals surface area contributed by atoms with E-state index in [1.54, 1.807) is 4.90 Å². The first kappa shape index (κ1) is 16.2. The van der Waals surface area contributed by atoms with Crippen molar-refractivity contribution in [3.05, 3.63) is 28.2 Å². The smallest absolute Gasteiger partial charge is 0.294 e. The van der Waals surface area contributed by atoms with Crippen LogP contribution in [-0.2, 0) is 4.79 Å². The lowest BCUT2D eigenvalue weighted by Gasteiger charge is -2.20.